The molecule has 0 aliphatic heterocycles. The quantitative estimate of drug-likeness (QED) is 0.873. The minimum Gasteiger partial charge on any atom is -0.508 e. The van der Waals surface area contributed by atoms with Crippen molar-refractivity contribution in [2.45, 2.75) is 6.61 Å². The topological polar surface area (TPSA) is 53.2 Å². The van der Waals surface area contributed by atoms with E-state index in [-0.39, 0.29) is 5.75 Å². The Kier molecular flexibility index (Phi) is 3.27. The lowest BCUT2D eigenvalue weighted by atomic mass is 10.1. The lowest BCUT2D eigenvalue weighted by molar-refractivity contribution is 0.304. The highest BCUT2D eigenvalue weighted by atomic mass is 16.5. The Morgan fingerprint density at radius 2 is 1.94 bits per heavy atom. The van der Waals surface area contributed by atoms with Gasteiger partial charge in [0.25, 0.3) is 0 Å². The van der Waals surface area contributed by atoms with Gasteiger partial charge in [-0.15, -0.1) is 0 Å². The zero-order valence-corrected chi connectivity index (χ0v) is 9.13. The van der Waals surface area contributed by atoms with Crippen molar-refractivity contribution in [3.8, 4) is 17.6 Å². The molecule has 0 saturated carbocycles. The van der Waals surface area contributed by atoms with E-state index in [4.69, 9.17) is 10.00 Å². The number of nitrogens with zero attached hydrogens (tertiary/aromatic N) is 1. The number of benzene rings is 2. The molecule has 0 aliphatic rings. The van der Waals surface area contributed by atoms with Crippen molar-refractivity contribution >= 4 is 0 Å². The fourth-order valence-electron chi connectivity index (χ4n) is 1.49. The maximum Gasteiger partial charge on any atom is 0.123 e. The summed E-state index contributed by atoms with van der Waals surface area (Å²) in [4.78, 5) is 0. The summed E-state index contributed by atoms with van der Waals surface area (Å²) in [5.74, 6) is 0.744. The van der Waals surface area contributed by atoms with Crippen LogP contribution in [-0.2, 0) is 6.61 Å². The predicted octanol–water partition coefficient (Wildman–Crippen LogP) is 2.84. The van der Waals surface area contributed by atoms with Crippen LogP contribution in [0.15, 0.2) is 48.5 Å². The Hall–Kier alpha value is -2.47. The number of aromatic hydroxyl groups is 1. The summed E-state index contributed by atoms with van der Waals surface area (Å²) in [7, 11) is 0. The summed E-state index contributed by atoms with van der Waals surface area (Å²) >= 11 is 0. The van der Waals surface area contributed by atoms with Crippen LogP contribution in [0.1, 0.15) is 11.1 Å². The van der Waals surface area contributed by atoms with Crippen molar-refractivity contribution in [2.24, 2.45) is 0 Å². The predicted molar refractivity (Wildman–Crippen MR) is 63.6 cm³/mol. The first-order chi connectivity index (χ1) is 8.29. The summed E-state index contributed by atoms with van der Waals surface area (Å²) in [5.41, 5.74) is 1.44. The van der Waals surface area contributed by atoms with Gasteiger partial charge in [-0.1, -0.05) is 24.3 Å². The third kappa shape index (κ3) is 2.76. The third-order valence-electron chi connectivity index (χ3n) is 2.35. The molecule has 0 saturated heterocycles. The molecule has 3 nitrogen and oxygen atoms in total. The molecular weight excluding hydrogens is 214 g/mol. The zero-order valence-electron chi connectivity index (χ0n) is 9.13. The minimum atomic E-state index is 0.163. The molecule has 0 fully saturated rings. The molecule has 2 aromatic carbocycles. The maximum absolute atomic E-state index is 9.28. The number of rotatable bonds is 3. The summed E-state index contributed by atoms with van der Waals surface area (Å²) in [6, 6.07) is 16.0. The SMILES string of the molecule is N#Cc1ccccc1COc1cccc(O)c1. The van der Waals surface area contributed by atoms with Crippen LogP contribution >= 0.6 is 0 Å². The zero-order chi connectivity index (χ0) is 12.1. The molecule has 3 heteroatoms. The Morgan fingerprint density at radius 3 is 2.71 bits per heavy atom. The van der Waals surface area contributed by atoms with Gasteiger partial charge in [0.2, 0.25) is 0 Å². The molecule has 0 heterocycles. The molecule has 0 radical (unpaired) electrons. The van der Waals surface area contributed by atoms with Crippen LogP contribution in [0.5, 0.6) is 11.5 Å². The lowest BCUT2D eigenvalue weighted by Gasteiger charge is -2.07. The molecule has 0 spiro atoms. The van der Waals surface area contributed by atoms with Gasteiger partial charge >= 0.3 is 0 Å². The van der Waals surface area contributed by atoms with Gasteiger partial charge in [0.1, 0.15) is 18.1 Å². The van der Waals surface area contributed by atoms with E-state index in [1.54, 1.807) is 24.3 Å². The number of nitriles is 1. The molecule has 0 unspecified atom stereocenters. The van der Waals surface area contributed by atoms with Gasteiger partial charge in [-0.25, -0.2) is 0 Å². The van der Waals surface area contributed by atoms with Crippen LogP contribution in [0.25, 0.3) is 0 Å². The van der Waals surface area contributed by atoms with Gasteiger partial charge in [0.05, 0.1) is 11.6 Å². The van der Waals surface area contributed by atoms with Crippen molar-refractivity contribution < 1.29 is 9.84 Å². The van der Waals surface area contributed by atoms with E-state index in [9.17, 15) is 5.11 Å². The largest absolute Gasteiger partial charge is 0.508 e. The smallest absolute Gasteiger partial charge is 0.123 e. The Bertz CT molecular complexity index is 558. The molecule has 0 aliphatic carbocycles. The van der Waals surface area contributed by atoms with Crippen LogP contribution in [0.3, 0.4) is 0 Å². The molecule has 0 atom stereocenters. The Morgan fingerprint density at radius 1 is 1.12 bits per heavy atom. The van der Waals surface area contributed by atoms with E-state index in [0.29, 0.717) is 17.9 Å². The van der Waals surface area contributed by atoms with Crippen LogP contribution in [-0.4, -0.2) is 5.11 Å². The third-order valence-corrected chi connectivity index (χ3v) is 2.35. The lowest BCUT2D eigenvalue weighted by Crippen LogP contribution is -1.97. The normalized spacial score (nSPS) is 9.59. The first kappa shape index (κ1) is 11.0. The van der Waals surface area contributed by atoms with E-state index >= 15 is 0 Å². The molecule has 2 aromatic rings. The molecule has 0 aromatic heterocycles. The van der Waals surface area contributed by atoms with Gasteiger partial charge in [0, 0.05) is 11.6 Å². The van der Waals surface area contributed by atoms with Gasteiger partial charge in [-0.2, -0.15) is 5.26 Å². The fraction of sp³-hybridized carbons (Fsp3) is 0.0714. The van der Waals surface area contributed by atoms with Gasteiger partial charge in [0.15, 0.2) is 0 Å². The number of phenols is 1. The van der Waals surface area contributed by atoms with Crippen molar-refractivity contribution in [1.29, 1.82) is 5.26 Å². The maximum atomic E-state index is 9.28. The second-order valence-electron chi connectivity index (χ2n) is 3.55. The second kappa shape index (κ2) is 5.04. The van der Waals surface area contributed by atoms with Crippen molar-refractivity contribution in [3.05, 3.63) is 59.7 Å². The molecule has 84 valence electrons. The van der Waals surface area contributed by atoms with Crippen LogP contribution in [0.4, 0.5) is 0 Å². The van der Waals surface area contributed by atoms with E-state index < -0.39 is 0 Å². The Labute approximate surface area is 99.5 Å². The molecule has 0 bridgehead atoms. The van der Waals surface area contributed by atoms with E-state index in [1.807, 2.05) is 18.2 Å². The van der Waals surface area contributed by atoms with Crippen LogP contribution in [0.2, 0.25) is 0 Å². The average Bonchev–Trinajstić information content (AvgIpc) is 2.37. The minimum absolute atomic E-state index is 0.163. The average molecular weight is 225 g/mol. The highest BCUT2D eigenvalue weighted by molar-refractivity contribution is 5.37. The highest BCUT2D eigenvalue weighted by Gasteiger charge is 2.02. The van der Waals surface area contributed by atoms with Crippen LogP contribution < -0.4 is 4.74 Å². The monoisotopic (exact) mass is 225 g/mol. The summed E-state index contributed by atoms with van der Waals surface area (Å²) < 4.78 is 5.50. The number of ether oxygens (including phenoxy) is 1. The van der Waals surface area contributed by atoms with Crippen molar-refractivity contribution in [3.63, 3.8) is 0 Å². The van der Waals surface area contributed by atoms with Gasteiger partial charge in [-0.05, 0) is 18.2 Å². The first-order valence-electron chi connectivity index (χ1n) is 5.19. The molecule has 0 amide bonds. The standard InChI is InChI=1S/C14H11NO2/c15-9-11-4-1-2-5-12(11)10-17-14-7-3-6-13(16)8-14/h1-8,16H,10H2. The second-order valence-corrected chi connectivity index (χ2v) is 3.55. The van der Waals surface area contributed by atoms with E-state index in [2.05, 4.69) is 6.07 Å². The fourth-order valence-corrected chi connectivity index (χ4v) is 1.49. The molecule has 2 rings (SSSR count). The van der Waals surface area contributed by atoms with Gasteiger partial charge in [-0.3, -0.25) is 0 Å². The number of phenolic OH excluding ortho intramolecular Hbond substituents is 1. The number of hydrogen-bond acceptors (Lipinski definition) is 3. The van der Waals surface area contributed by atoms with Crippen molar-refractivity contribution in [2.75, 3.05) is 0 Å². The van der Waals surface area contributed by atoms with E-state index in [0.717, 1.165) is 5.56 Å². The molecule has 1 N–H and O–H groups in total. The van der Waals surface area contributed by atoms with Crippen molar-refractivity contribution in [1.82, 2.24) is 0 Å². The highest BCUT2D eigenvalue weighted by Crippen LogP contribution is 2.19. The molecular formula is C14H11NO2. The summed E-state index contributed by atoms with van der Waals surface area (Å²) in [6.45, 7) is 0.313. The molecule has 17 heavy (non-hydrogen) atoms. The first-order valence-corrected chi connectivity index (χ1v) is 5.19. The van der Waals surface area contributed by atoms with E-state index in [1.165, 1.54) is 6.07 Å². The summed E-state index contributed by atoms with van der Waals surface area (Å²) in [6.07, 6.45) is 0. The van der Waals surface area contributed by atoms with Crippen LogP contribution in [0, 0.1) is 11.3 Å². The summed E-state index contributed by atoms with van der Waals surface area (Å²) in [5, 5.41) is 18.2. The number of hydrogen-bond donors (Lipinski definition) is 1. The Balaban J connectivity index is 2.10. The van der Waals surface area contributed by atoms with Gasteiger partial charge < -0.3 is 9.84 Å².